The van der Waals surface area contributed by atoms with E-state index in [1.807, 2.05) is 0 Å². The normalized spacial score (nSPS) is 12.4. The summed E-state index contributed by atoms with van der Waals surface area (Å²) in [5.41, 5.74) is 0. The smallest absolute Gasteiger partial charge is 0.306 e. The third-order valence-corrected chi connectivity index (χ3v) is 10.0. The van der Waals surface area contributed by atoms with E-state index in [1.165, 1.54) is 89.9 Å². The molecular weight excluding hydrogens is 697 g/mol. The third kappa shape index (κ3) is 42.5. The van der Waals surface area contributed by atoms with Crippen molar-refractivity contribution in [3.05, 3.63) is 48.6 Å². The van der Waals surface area contributed by atoms with Gasteiger partial charge in [0.15, 0.2) is 6.10 Å². The van der Waals surface area contributed by atoms with Gasteiger partial charge in [-0.25, -0.2) is 0 Å². The lowest BCUT2D eigenvalue weighted by Crippen LogP contribution is -2.30. The molecule has 0 aliphatic rings. The fourth-order valence-electron chi connectivity index (χ4n) is 6.41. The minimum absolute atomic E-state index is 0.0856. The van der Waals surface area contributed by atoms with Crippen molar-refractivity contribution in [3.63, 3.8) is 0 Å². The average molecular weight is 785 g/mol. The van der Waals surface area contributed by atoms with Crippen LogP contribution in [0.3, 0.4) is 0 Å². The zero-order chi connectivity index (χ0) is 40.8. The molecule has 0 amide bonds. The molecule has 0 saturated carbocycles. The average Bonchev–Trinajstić information content (AvgIpc) is 3.19. The van der Waals surface area contributed by atoms with E-state index in [4.69, 9.17) is 14.2 Å². The van der Waals surface area contributed by atoms with Gasteiger partial charge in [-0.2, -0.15) is 0 Å². The number of hydrogen-bond donors (Lipinski definition) is 0. The number of esters is 3. The molecule has 0 aliphatic heterocycles. The SMILES string of the molecule is CCC/C=C\CCCCCCCC(=O)OCC(COC(=O)CCCCCCC/C=C\C/C=C\CCCCCC)OC(=O)CCCCCCC/C=C\CCCCC. The quantitative estimate of drug-likeness (QED) is 0.0265. The molecule has 0 aromatic rings. The molecule has 0 rings (SSSR count). The standard InChI is InChI=1S/C50H88O6/c1-4-7-10-13-16-19-22-24-25-26-27-29-31-34-37-40-43-49(52)55-46-47(45-54-48(51)42-39-36-33-30-21-18-15-12-9-6-3)56-50(53)44-41-38-35-32-28-23-20-17-14-11-8-5-2/h12,15,17,19-20,22,25-26,47H,4-11,13-14,16,18,21,23-24,27-46H2,1-3H3/b15-12-,20-17-,22-19-,26-25-. The van der Waals surface area contributed by atoms with Gasteiger partial charge in [0, 0.05) is 19.3 Å². The van der Waals surface area contributed by atoms with Crippen molar-refractivity contribution in [2.75, 3.05) is 13.2 Å². The summed E-state index contributed by atoms with van der Waals surface area (Å²) in [5.74, 6) is -0.919. The third-order valence-electron chi connectivity index (χ3n) is 10.0. The van der Waals surface area contributed by atoms with Crippen LogP contribution in [-0.2, 0) is 28.6 Å². The molecule has 0 radical (unpaired) electrons. The van der Waals surface area contributed by atoms with Gasteiger partial charge in [-0.05, 0) is 96.3 Å². The van der Waals surface area contributed by atoms with Crippen LogP contribution in [0.4, 0.5) is 0 Å². The maximum atomic E-state index is 12.7. The van der Waals surface area contributed by atoms with Crippen LogP contribution in [0.1, 0.15) is 233 Å². The van der Waals surface area contributed by atoms with Gasteiger partial charge in [0.2, 0.25) is 0 Å². The molecule has 0 N–H and O–H groups in total. The van der Waals surface area contributed by atoms with E-state index < -0.39 is 6.10 Å². The summed E-state index contributed by atoms with van der Waals surface area (Å²) in [5, 5.41) is 0. The molecule has 1 unspecified atom stereocenters. The summed E-state index contributed by atoms with van der Waals surface area (Å²) >= 11 is 0. The summed E-state index contributed by atoms with van der Waals surface area (Å²) in [7, 11) is 0. The fraction of sp³-hybridized carbons (Fsp3) is 0.780. The Balaban J connectivity index is 4.39. The van der Waals surface area contributed by atoms with Gasteiger partial charge < -0.3 is 14.2 Å². The van der Waals surface area contributed by atoms with Gasteiger partial charge in [-0.1, -0.05) is 166 Å². The zero-order valence-corrected chi connectivity index (χ0v) is 36.9. The van der Waals surface area contributed by atoms with Crippen LogP contribution in [0.15, 0.2) is 48.6 Å². The molecule has 324 valence electrons. The summed E-state index contributed by atoms with van der Waals surface area (Å²) < 4.78 is 16.7. The molecule has 0 aliphatic carbocycles. The maximum Gasteiger partial charge on any atom is 0.306 e. The Morgan fingerprint density at radius 1 is 0.357 bits per heavy atom. The molecule has 6 heteroatoms. The monoisotopic (exact) mass is 785 g/mol. The summed E-state index contributed by atoms with van der Waals surface area (Å²) in [4.78, 5) is 37.7. The first-order valence-electron chi connectivity index (χ1n) is 23.6. The lowest BCUT2D eigenvalue weighted by atomic mass is 10.1. The molecule has 0 saturated heterocycles. The van der Waals surface area contributed by atoms with Crippen molar-refractivity contribution < 1.29 is 28.6 Å². The van der Waals surface area contributed by atoms with E-state index in [0.29, 0.717) is 19.3 Å². The highest BCUT2D eigenvalue weighted by Crippen LogP contribution is 2.13. The predicted octanol–water partition coefficient (Wildman–Crippen LogP) is 15.1. The molecule has 0 heterocycles. The van der Waals surface area contributed by atoms with Gasteiger partial charge in [0.1, 0.15) is 13.2 Å². The summed E-state index contributed by atoms with van der Waals surface area (Å²) in [6, 6.07) is 0. The van der Waals surface area contributed by atoms with E-state index in [2.05, 4.69) is 69.4 Å². The second kappa shape index (κ2) is 45.1. The van der Waals surface area contributed by atoms with Crippen LogP contribution in [0.2, 0.25) is 0 Å². The van der Waals surface area contributed by atoms with E-state index in [9.17, 15) is 14.4 Å². The summed E-state index contributed by atoms with van der Waals surface area (Å²) in [6.45, 7) is 6.50. The summed E-state index contributed by atoms with van der Waals surface area (Å²) in [6.07, 6.45) is 52.3. The predicted molar refractivity (Wildman–Crippen MR) is 238 cm³/mol. The van der Waals surface area contributed by atoms with Crippen LogP contribution in [0, 0.1) is 0 Å². The Kier molecular flexibility index (Phi) is 43.0. The van der Waals surface area contributed by atoms with Gasteiger partial charge in [0.05, 0.1) is 0 Å². The highest BCUT2D eigenvalue weighted by molar-refractivity contribution is 5.71. The Morgan fingerprint density at radius 3 is 1.11 bits per heavy atom. The first-order chi connectivity index (χ1) is 27.5. The van der Waals surface area contributed by atoms with Gasteiger partial charge in [-0.15, -0.1) is 0 Å². The molecule has 0 spiro atoms. The van der Waals surface area contributed by atoms with Crippen molar-refractivity contribution in [2.24, 2.45) is 0 Å². The number of unbranched alkanes of at least 4 members (excludes halogenated alkanes) is 23. The maximum absolute atomic E-state index is 12.7. The molecule has 0 aromatic heterocycles. The number of ether oxygens (including phenoxy) is 3. The van der Waals surface area contributed by atoms with E-state index >= 15 is 0 Å². The lowest BCUT2D eigenvalue weighted by Gasteiger charge is -2.18. The van der Waals surface area contributed by atoms with Gasteiger partial charge >= 0.3 is 17.9 Å². The number of rotatable bonds is 42. The lowest BCUT2D eigenvalue weighted by molar-refractivity contribution is -0.167. The number of carbonyl (C=O) groups excluding carboxylic acids is 3. The van der Waals surface area contributed by atoms with E-state index in [0.717, 1.165) is 103 Å². The first-order valence-corrected chi connectivity index (χ1v) is 23.6. The number of allylic oxidation sites excluding steroid dienone is 8. The first kappa shape index (κ1) is 53.4. The topological polar surface area (TPSA) is 78.9 Å². The zero-order valence-electron chi connectivity index (χ0n) is 36.9. The molecule has 6 nitrogen and oxygen atoms in total. The van der Waals surface area contributed by atoms with Crippen molar-refractivity contribution >= 4 is 17.9 Å². The fourth-order valence-corrected chi connectivity index (χ4v) is 6.41. The van der Waals surface area contributed by atoms with Gasteiger partial charge in [-0.3, -0.25) is 14.4 Å². The Bertz CT molecular complexity index is 996. The number of hydrogen-bond acceptors (Lipinski definition) is 6. The second-order valence-electron chi connectivity index (χ2n) is 15.7. The number of carbonyl (C=O) groups is 3. The van der Waals surface area contributed by atoms with Crippen molar-refractivity contribution in [1.29, 1.82) is 0 Å². The Labute approximate surface area is 346 Å². The molecular formula is C50H88O6. The van der Waals surface area contributed by atoms with Crippen LogP contribution in [0.5, 0.6) is 0 Å². The van der Waals surface area contributed by atoms with E-state index in [1.54, 1.807) is 0 Å². The Hall–Kier alpha value is -2.63. The van der Waals surface area contributed by atoms with Crippen molar-refractivity contribution in [2.45, 2.75) is 239 Å². The van der Waals surface area contributed by atoms with Crippen LogP contribution >= 0.6 is 0 Å². The second-order valence-corrected chi connectivity index (χ2v) is 15.7. The molecule has 0 bridgehead atoms. The molecule has 1 atom stereocenters. The van der Waals surface area contributed by atoms with Crippen LogP contribution < -0.4 is 0 Å². The van der Waals surface area contributed by atoms with Gasteiger partial charge in [0.25, 0.3) is 0 Å². The highest BCUT2D eigenvalue weighted by Gasteiger charge is 2.19. The van der Waals surface area contributed by atoms with Crippen LogP contribution in [0.25, 0.3) is 0 Å². The minimum Gasteiger partial charge on any atom is -0.462 e. The van der Waals surface area contributed by atoms with Crippen molar-refractivity contribution in [1.82, 2.24) is 0 Å². The van der Waals surface area contributed by atoms with Crippen molar-refractivity contribution in [3.8, 4) is 0 Å². The van der Waals surface area contributed by atoms with E-state index in [-0.39, 0.29) is 31.1 Å². The largest absolute Gasteiger partial charge is 0.462 e. The van der Waals surface area contributed by atoms with Crippen LogP contribution in [-0.4, -0.2) is 37.2 Å². The Morgan fingerprint density at radius 2 is 0.679 bits per heavy atom. The molecule has 0 fully saturated rings. The highest BCUT2D eigenvalue weighted by atomic mass is 16.6. The molecule has 56 heavy (non-hydrogen) atoms. The molecule has 0 aromatic carbocycles. The minimum atomic E-state index is -0.783.